The maximum Gasteiger partial charge on any atom is 0.330 e. The van der Waals surface area contributed by atoms with Crippen molar-refractivity contribution in [3.8, 4) is 17.6 Å². The number of ether oxygens (including phenoxy) is 4. The van der Waals surface area contributed by atoms with Crippen LogP contribution >= 0.6 is 8.53 Å². The monoisotopic (exact) mass is 1110 g/mol. The first kappa shape index (κ1) is 56.0. The standard InChI is InChI=1S/C64H68N5O9PSi/c1-41(2)69(42(3)4)79(76-35-15-34-65)78-55-37-59(77-56(55)39-75-64(45-18-10-9-11-19-45,46-24-28-48(73-5)29-25-46)47-26-30-49(74-6)31-27-47)68-38-44(62(71)67-63(68)72)36-58(70)66-40-80(7,8)57-33-32-53-51-21-13-17-43-16-12-20-50(60(43)51)52-22-14-23-54(57)61(52)53/h9-14,16-33,38,41-42,55-56,59H,15,35-37,39-40H2,1-8H3,(H,66,70)(H,67,71,72)/t55-,56+,59+,79?/m0/s1. The molecule has 1 aromatic heterocycles. The number of rotatable bonds is 22. The Morgan fingerprint density at radius 3 is 1.95 bits per heavy atom. The van der Waals surface area contributed by atoms with Crippen LogP contribution in [-0.2, 0) is 35.3 Å². The van der Waals surface area contributed by atoms with Gasteiger partial charge >= 0.3 is 5.69 Å². The van der Waals surface area contributed by atoms with E-state index in [1.807, 2.05) is 78.9 Å². The molecule has 0 aliphatic carbocycles. The number of benzene rings is 8. The van der Waals surface area contributed by atoms with Gasteiger partial charge in [-0.15, -0.1) is 0 Å². The molecule has 2 N–H and O–H groups in total. The largest absolute Gasteiger partial charge is 0.497 e. The van der Waals surface area contributed by atoms with Gasteiger partial charge in [-0.2, -0.15) is 5.26 Å². The Labute approximate surface area is 468 Å². The second-order valence-corrected chi connectivity index (χ2v) is 27.7. The normalized spacial score (nSPS) is 16.4. The van der Waals surface area contributed by atoms with Crippen molar-refractivity contribution < 1.29 is 32.8 Å². The summed E-state index contributed by atoms with van der Waals surface area (Å²) in [6.07, 6.45) is -0.631. The molecule has 10 rings (SSSR count). The van der Waals surface area contributed by atoms with Crippen LogP contribution in [0.3, 0.4) is 0 Å². The Morgan fingerprint density at radius 1 is 0.775 bits per heavy atom. The van der Waals surface area contributed by atoms with Crippen LogP contribution in [0, 0.1) is 11.3 Å². The van der Waals surface area contributed by atoms with E-state index in [9.17, 15) is 19.6 Å². The van der Waals surface area contributed by atoms with Gasteiger partial charge in [-0.25, -0.2) is 9.46 Å². The summed E-state index contributed by atoms with van der Waals surface area (Å²) in [6.45, 7) is 12.8. The van der Waals surface area contributed by atoms with Crippen molar-refractivity contribution in [3.05, 3.63) is 195 Å². The number of H-pyrrole nitrogens is 1. The Balaban J connectivity index is 0.955. The lowest BCUT2D eigenvalue weighted by molar-refractivity contribution is -0.120. The van der Waals surface area contributed by atoms with Gasteiger partial charge in [0, 0.05) is 36.4 Å². The van der Waals surface area contributed by atoms with E-state index in [-0.39, 0.29) is 56.0 Å². The zero-order valence-corrected chi connectivity index (χ0v) is 48.4. The average Bonchev–Trinajstić information content (AvgIpc) is 3.89. The van der Waals surface area contributed by atoms with Crippen LogP contribution < -0.4 is 31.2 Å². The van der Waals surface area contributed by atoms with E-state index in [1.54, 1.807) is 14.2 Å². The molecule has 0 spiro atoms. The van der Waals surface area contributed by atoms with Crippen molar-refractivity contribution in [2.45, 2.75) is 96.2 Å². The van der Waals surface area contributed by atoms with E-state index in [0.717, 1.165) is 16.7 Å². The number of carbonyl (C=O) groups excluding carboxylic acids is 1. The number of nitrogens with one attached hydrogen (secondary N) is 2. The minimum absolute atomic E-state index is 0.00244. The number of methoxy groups -OCH3 is 2. The molecule has 8 aromatic carbocycles. The number of amides is 1. The molecule has 80 heavy (non-hydrogen) atoms. The zero-order chi connectivity index (χ0) is 56.3. The molecule has 16 heteroatoms. The van der Waals surface area contributed by atoms with Gasteiger partial charge in [-0.3, -0.25) is 19.1 Å². The summed E-state index contributed by atoms with van der Waals surface area (Å²) >= 11 is 0. The van der Waals surface area contributed by atoms with Crippen LogP contribution in [0.25, 0.3) is 43.1 Å². The van der Waals surface area contributed by atoms with Crippen molar-refractivity contribution in [2.75, 3.05) is 33.6 Å². The molecule has 9 aromatic rings. The Hall–Kier alpha value is -7.25. The Bertz CT molecular complexity index is 3700. The summed E-state index contributed by atoms with van der Waals surface area (Å²) in [5, 5.41) is 23.7. The maximum absolute atomic E-state index is 14.1. The summed E-state index contributed by atoms with van der Waals surface area (Å²) < 4.78 is 42.4. The smallest absolute Gasteiger partial charge is 0.330 e. The van der Waals surface area contributed by atoms with Gasteiger partial charge < -0.3 is 33.3 Å². The molecular weight excluding hydrogens is 1040 g/mol. The highest BCUT2D eigenvalue weighted by Gasteiger charge is 2.45. The van der Waals surface area contributed by atoms with Gasteiger partial charge in [0.05, 0.1) is 52.4 Å². The molecule has 1 aliphatic heterocycles. The number of hydrogen-bond donors (Lipinski definition) is 2. The lowest BCUT2D eigenvalue weighted by Crippen LogP contribution is -2.52. The molecule has 14 nitrogen and oxygen atoms in total. The summed E-state index contributed by atoms with van der Waals surface area (Å²) in [4.78, 5) is 44.3. The molecule has 1 fully saturated rings. The van der Waals surface area contributed by atoms with Crippen LogP contribution in [0.4, 0.5) is 0 Å². The number of carbonyl (C=O) groups is 1. The fourth-order valence-corrected chi connectivity index (χ4v) is 15.6. The van der Waals surface area contributed by atoms with Crippen molar-refractivity contribution >= 4 is 70.8 Å². The van der Waals surface area contributed by atoms with Crippen LogP contribution in [0.1, 0.15) is 69.0 Å². The molecule has 2 heterocycles. The van der Waals surface area contributed by atoms with Crippen molar-refractivity contribution in [2.24, 2.45) is 0 Å². The summed E-state index contributed by atoms with van der Waals surface area (Å²) in [5.74, 6) is 1.00. The van der Waals surface area contributed by atoms with E-state index >= 15 is 0 Å². The van der Waals surface area contributed by atoms with Crippen molar-refractivity contribution in [1.29, 1.82) is 5.26 Å². The highest BCUT2D eigenvalue weighted by molar-refractivity contribution is 7.44. The first-order valence-corrected chi connectivity index (χ1v) is 31.6. The summed E-state index contributed by atoms with van der Waals surface area (Å²) in [5.41, 5.74) is -0.0161. The van der Waals surface area contributed by atoms with Gasteiger partial charge in [0.25, 0.3) is 14.1 Å². The van der Waals surface area contributed by atoms with Crippen LogP contribution in [0.15, 0.2) is 161 Å². The lowest BCUT2D eigenvalue weighted by atomic mass is 9.80. The van der Waals surface area contributed by atoms with E-state index in [4.69, 9.17) is 28.0 Å². The van der Waals surface area contributed by atoms with E-state index < -0.39 is 51.9 Å². The van der Waals surface area contributed by atoms with Crippen molar-refractivity contribution in [3.63, 3.8) is 0 Å². The van der Waals surface area contributed by atoms with Crippen LogP contribution in [0.5, 0.6) is 11.5 Å². The fraction of sp³-hybridized carbons (Fsp3) is 0.312. The predicted molar refractivity (Wildman–Crippen MR) is 320 cm³/mol. The number of fused-ring (bicyclic) bond motifs is 2. The third-order valence-corrected chi connectivity index (χ3v) is 20.5. The maximum atomic E-state index is 14.1. The number of hydrogen-bond acceptors (Lipinski definition) is 11. The number of aromatic amines is 1. The number of nitriles is 1. The van der Waals surface area contributed by atoms with E-state index in [1.165, 1.54) is 59.0 Å². The van der Waals surface area contributed by atoms with Crippen LogP contribution in [0.2, 0.25) is 13.1 Å². The van der Waals surface area contributed by atoms with E-state index in [0.29, 0.717) is 17.7 Å². The minimum Gasteiger partial charge on any atom is -0.497 e. The molecule has 1 aliphatic rings. The minimum atomic E-state index is -2.38. The van der Waals surface area contributed by atoms with Gasteiger partial charge in [0.1, 0.15) is 37.5 Å². The molecule has 412 valence electrons. The molecule has 1 amide bonds. The predicted octanol–water partition coefficient (Wildman–Crippen LogP) is 11.4. The first-order chi connectivity index (χ1) is 38.6. The molecule has 1 unspecified atom stereocenters. The third-order valence-electron chi connectivity index (χ3n) is 15.4. The molecular formula is C64H68N5O9PSi. The second kappa shape index (κ2) is 23.8. The third kappa shape index (κ3) is 11.0. The highest BCUT2D eigenvalue weighted by atomic mass is 31.2. The highest BCUT2D eigenvalue weighted by Crippen LogP contribution is 2.51. The van der Waals surface area contributed by atoms with Gasteiger partial charge in [0.15, 0.2) is 0 Å². The second-order valence-electron chi connectivity index (χ2n) is 21.6. The van der Waals surface area contributed by atoms with Crippen LogP contribution in [-0.4, -0.2) is 86.1 Å². The molecule has 0 saturated carbocycles. The molecule has 0 radical (unpaired) electrons. The summed E-state index contributed by atoms with van der Waals surface area (Å²) in [6, 6.07) is 51.5. The molecule has 1 saturated heterocycles. The van der Waals surface area contributed by atoms with E-state index in [2.05, 4.69) is 129 Å². The quantitative estimate of drug-likeness (QED) is 0.0166. The SMILES string of the molecule is COc1ccc(C(OC[C@H]2O[C@@H](n3cc(CC(=O)NC[Si](C)(C)c4ccc5c6cccc7cccc(c8cccc4c85)c76)c(=O)[nH]c3=O)C[C@@H]2OP(OCCC#N)N(C(C)C)C(C)C)(c2ccccc2)c2ccc(OC)cc2)cc1. The van der Waals surface area contributed by atoms with Crippen molar-refractivity contribution in [1.82, 2.24) is 19.5 Å². The number of nitrogens with zero attached hydrogens (tertiary/aromatic N) is 3. The lowest BCUT2D eigenvalue weighted by Gasteiger charge is -2.39. The topological polar surface area (TPSA) is 166 Å². The van der Waals surface area contributed by atoms with Gasteiger partial charge in [-0.05, 0) is 112 Å². The molecule has 4 atom stereocenters. The molecule has 0 bridgehead atoms. The first-order valence-electron chi connectivity index (χ1n) is 27.2. The van der Waals surface area contributed by atoms with Gasteiger partial charge in [0.2, 0.25) is 5.91 Å². The summed E-state index contributed by atoms with van der Waals surface area (Å²) in [7, 11) is -0.927. The fourth-order valence-electron chi connectivity index (χ4n) is 11.6. The Morgan fingerprint density at radius 2 is 1.35 bits per heavy atom. The van der Waals surface area contributed by atoms with Gasteiger partial charge in [-0.1, -0.05) is 140 Å². The Kier molecular flexibility index (Phi) is 16.7. The zero-order valence-electron chi connectivity index (χ0n) is 46.5. The average molecular weight is 1110 g/mol. The number of aromatic nitrogens is 2.